The Kier molecular flexibility index (Phi) is 3.87. The molecule has 2 N–H and O–H groups in total. The van der Waals surface area contributed by atoms with Gasteiger partial charge in [0.25, 0.3) is 0 Å². The standard InChI is InChI=1S/C15H16N2O4/c18-15(19)17-8-14-12-4-1-3-11(13-7-16-9-21-13)10(12)5-2-6-20-14/h1,3-4,7,9,14,17H,2,5-6,8H2,(H,18,19)/t14-/m0/s1. The lowest BCUT2D eigenvalue weighted by molar-refractivity contribution is 0.0564. The molecule has 1 aliphatic heterocycles. The number of oxazole rings is 1. The van der Waals surface area contributed by atoms with E-state index < -0.39 is 6.09 Å². The van der Waals surface area contributed by atoms with E-state index in [1.165, 1.54) is 6.39 Å². The summed E-state index contributed by atoms with van der Waals surface area (Å²) in [5, 5.41) is 11.2. The quantitative estimate of drug-likeness (QED) is 0.907. The highest BCUT2D eigenvalue weighted by Crippen LogP contribution is 2.33. The lowest BCUT2D eigenvalue weighted by atomic mass is 9.93. The molecule has 1 atom stereocenters. The number of carbonyl (C=O) groups is 1. The van der Waals surface area contributed by atoms with Crippen molar-refractivity contribution < 1.29 is 19.1 Å². The number of hydrogen-bond donors (Lipinski definition) is 2. The van der Waals surface area contributed by atoms with E-state index >= 15 is 0 Å². The molecule has 0 unspecified atom stereocenters. The molecule has 1 amide bonds. The third-order valence-corrected chi connectivity index (χ3v) is 3.59. The van der Waals surface area contributed by atoms with Gasteiger partial charge in [-0.25, -0.2) is 9.78 Å². The van der Waals surface area contributed by atoms with Gasteiger partial charge in [0, 0.05) is 12.2 Å². The van der Waals surface area contributed by atoms with Gasteiger partial charge in [-0.15, -0.1) is 0 Å². The Balaban J connectivity index is 1.97. The number of amides is 1. The third kappa shape index (κ3) is 2.90. The minimum absolute atomic E-state index is 0.238. The molecule has 2 aromatic rings. The zero-order valence-corrected chi connectivity index (χ0v) is 11.4. The van der Waals surface area contributed by atoms with Crippen molar-refractivity contribution in [1.29, 1.82) is 0 Å². The molecule has 21 heavy (non-hydrogen) atoms. The second-order valence-electron chi connectivity index (χ2n) is 4.89. The molecule has 0 saturated carbocycles. The summed E-state index contributed by atoms with van der Waals surface area (Å²) >= 11 is 0. The minimum atomic E-state index is -1.05. The Morgan fingerprint density at radius 1 is 1.48 bits per heavy atom. The summed E-state index contributed by atoms with van der Waals surface area (Å²) in [5.74, 6) is 0.721. The van der Waals surface area contributed by atoms with Crippen molar-refractivity contribution in [2.24, 2.45) is 0 Å². The van der Waals surface area contributed by atoms with Crippen LogP contribution in [0, 0.1) is 0 Å². The second-order valence-corrected chi connectivity index (χ2v) is 4.89. The smallest absolute Gasteiger partial charge is 0.404 e. The number of nitrogens with one attached hydrogen (secondary N) is 1. The molecule has 6 nitrogen and oxygen atoms in total. The van der Waals surface area contributed by atoms with E-state index in [1.807, 2.05) is 18.2 Å². The fourth-order valence-corrected chi connectivity index (χ4v) is 2.68. The number of aromatic nitrogens is 1. The Labute approximate surface area is 121 Å². The van der Waals surface area contributed by atoms with Crippen LogP contribution < -0.4 is 5.32 Å². The predicted octanol–water partition coefficient (Wildman–Crippen LogP) is 2.61. The number of nitrogens with zero attached hydrogens (tertiary/aromatic N) is 1. The van der Waals surface area contributed by atoms with Gasteiger partial charge in [0.05, 0.1) is 12.7 Å². The van der Waals surface area contributed by atoms with Crippen molar-refractivity contribution >= 4 is 6.09 Å². The number of ether oxygens (including phenoxy) is 1. The first-order chi connectivity index (χ1) is 10.3. The topological polar surface area (TPSA) is 84.6 Å². The number of benzene rings is 1. The summed E-state index contributed by atoms with van der Waals surface area (Å²) in [6, 6.07) is 5.90. The van der Waals surface area contributed by atoms with Crippen LogP contribution in [0.25, 0.3) is 11.3 Å². The second kappa shape index (κ2) is 5.97. The molecule has 0 radical (unpaired) electrons. The summed E-state index contributed by atoms with van der Waals surface area (Å²) in [6.45, 7) is 0.846. The predicted molar refractivity (Wildman–Crippen MR) is 75.0 cm³/mol. The molecule has 1 aliphatic rings. The van der Waals surface area contributed by atoms with E-state index in [-0.39, 0.29) is 12.6 Å². The average Bonchev–Trinajstić information content (AvgIpc) is 2.92. The summed E-state index contributed by atoms with van der Waals surface area (Å²) in [4.78, 5) is 14.7. The van der Waals surface area contributed by atoms with Gasteiger partial charge in [-0.2, -0.15) is 0 Å². The maximum absolute atomic E-state index is 10.7. The lowest BCUT2D eigenvalue weighted by Gasteiger charge is -2.19. The summed E-state index contributed by atoms with van der Waals surface area (Å²) in [6.07, 6.45) is 3.53. The van der Waals surface area contributed by atoms with E-state index in [2.05, 4.69) is 10.3 Å². The van der Waals surface area contributed by atoms with Crippen LogP contribution in [-0.4, -0.2) is 29.3 Å². The van der Waals surface area contributed by atoms with Crippen molar-refractivity contribution in [2.75, 3.05) is 13.2 Å². The first kappa shape index (κ1) is 13.6. The Bertz CT molecular complexity index is 625. The fourth-order valence-electron chi connectivity index (χ4n) is 2.68. The molecule has 2 heterocycles. The maximum atomic E-state index is 10.7. The average molecular weight is 288 g/mol. The van der Waals surface area contributed by atoms with Crippen molar-refractivity contribution in [1.82, 2.24) is 10.3 Å². The van der Waals surface area contributed by atoms with Gasteiger partial charge in [-0.1, -0.05) is 18.2 Å². The van der Waals surface area contributed by atoms with E-state index in [4.69, 9.17) is 14.3 Å². The monoisotopic (exact) mass is 288 g/mol. The number of hydrogen-bond acceptors (Lipinski definition) is 4. The van der Waals surface area contributed by atoms with Crippen LogP contribution in [0.1, 0.15) is 23.7 Å². The van der Waals surface area contributed by atoms with Crippen molar-refractivity contribution in [3.05, 3.63) is 41.9 Å². The van der Waals surface area contributed by atoms with Crippen LogP contribution in [0.2, 0.25) is 0 Å². The minimum Gasteiger partial charge on any atom is -0.465 e. The van der Waals surface area contributed by atoms with Gasteiger partial charge in [0.15, 0.2) is 12.2 Å². The van der Waals surface area contributed by atoms with Gasteiger partial charge >= 0.3 is 6.09 Å². The van der Waals surface area contributed by atoms with Crippen LogP contribution in [0.4, 0.5) is 4.79 Å². The van der Waals surface area contributed by atoms with E-state index in [9.17, 15) is 4.79 Å². The molecule has 1 aromatic heterocycles. The van der Waals surface area contributed by atoms with Crippen molar-refractivity contribution in [3.63, 3.8) is 0 Å². The van der Waals surface area contributed by atoms with Crippen LogP contribution >= 0.6 is 0 Å². The zero-order valence-electron chi connectivity index (χ0n) is 11.4. The lowest BCUT2D eigenvalue weighted by Crippen LogP contribution is -2.28. The fraction of sp³-hybridized carbons (Fsp3) is 0.333. The van der Waals surface area contributed by atoms with Gasteiger partial charge in [-0.3, -0.25) is 0 Å². The molecular weight excluding hydrogens is 272 g/mol. The van der Waals surface area contributed by atoms with Crippen LogP contribution in [-0.2, 0) is 11.2 Å². The highest BCUT2D eigenvalue weighted by Gasteiger charge is 2.23. The van der Waals surface area contributed by atoms with Gasteiger partial charge < -0.3 is 19.6 Å². The number of carboxylic acid groups (broad SMARTS) is 1. The largest absolute Gasteiger partial charge is 0.465 e. The molecule has 0 fully saturated rings. The first-order valence-electron chi connectivity index (χ1n) is 6.85. The van der Waals surface area contributed by atoms with Crippen LogP contribution in [0.15, 0.2) is 35.2 Å². The van der Waals surface area contributed by atoms with E-state index in [0.717, 1.165) is 35.3 Å². The maximum Gasteiger partial charge on any atom is 0.404 e. The molecule has 110 valence electrons. The van der Waals surface area contributed by atoms with E-state index in [0.29, 0.717) is 6.61 Å². The molecular formula is C15H16N2O4. The number of fused-ring (bicyclic) bond motifs is 1. The Morgan fingerprint density at radius 2 is 2.38 bits per heavy atom. The van der Waals surface area contributed by atoms with E-state index in [1.54, 1.807) is 6.20 Å². The first-order valence-corrected chi connectivity index (χ1v) is 6.85. The number of rotatable bonds is 3. The van der Waals surface area contributed by atoms with Crippen molar-refractivity contribution in [2.45, 2.75) is 18.9 Å². The van der Waals surface area contributed by atoms with Gasteiger partial charge in [0.2, 0.25) is 0 Å². The normalized spacial score (nSPS) is 17.8. The molecule has 6 heteroatoms. The molecule has 0 spiro atoms. The molecule has 0 bridgehead atoms. The highest BCUT2D eigenvalue weighted by molar-refractivity contribution is 5.65. The highest BCUT2D eigenvalue weighted by atomic mass is 16.5. The Morgan fingerprint density at radius 3 is 3.14 bits per heavy atom. The molecule has 0 aliphatic carbocycles. The zero-order chi connectivity index (χ0) is 14.7. The van der Waals surface area contributed by atoms with Crippen LogP contribution in [0.3, 0.4) is 0 Å². The Hall–Kier alpha value is -2.34. The summed E-state index contributed by atoms with van der Waals surface area (Å²) in [5.41, 5.74) is 3.15. The van der Waals surface area contributed by atoms with Gasteiger partial charge in [-0.05, 0) is 24.0 Å². The molecule has 1 aromatic carbocycles. The summed E-state index contributed by atoms with van der Waals surface area (Å²) < 4.78 is 11.2. The SMILES string of the molecule is O=C(O)NC[C@@H]1OCCCc2c(-c3cnco3)cccc21. The van der Waals surface area contributed by atoms with Gasteiger partial charge in [0.1, 0.15) is 6.10 Å². The molecule has 3 rings (SSSR count). The molecule has 0 saturated heterocycles. The van der Waals surface area contributed by atoms with Crippen molar-refractivity contribution in [3.8, 4) is 11.3 Å². The third-order valence-electron chi connectivity index (χ3n) is 3.59. The summed E-state index contributed by atoms with van der Waals surface area (Å²) in [7, 11) is 0. The van der Waals surface area contributed by atoms with Crippen LogP contribution in [0.5, 0.6) is 0 Å².